The van der Waals surface area contributed by atoms with Crippen LogP contribution in [0.2, 0.25) is 0 Å². The van der Waals surface area contributed by atoms with Gasteiger partial charge in [0.25, 0.3) is 0 Å². The lowest BCUT2D eigenvalue weighted by atomic mass is 10.1. The first-order chi connectivity index (χ1) is 15.5. The molecule has 2 aromatic heterocycles. The van der Waals surface area contributed by atoms with Crippen LogP contribution in [0.5, 0.6) is 0 Å². The minimum absolute atomic E-state index is 0.220. The summed E-state index contributed by atoms with van der Waals surface area (Å²) in [5.74, 6) is -0.679. The molecule has 4 rings (SSSR count). The summed E-state index contributed by atoms with van der Waals surface area (Å²) in [4.78, 5) is 23.6. The lowest BCUT2D eigenvalue weighted by molar-refractivity contribution is -0.143. The molecule has 3 N–H and O–H groups in total. The number of ether oxygens (including phenoxy) is 1. The highest BCUT2D eigenvalue weighted by Gasteiger charge is 2.16. The van der Waals surface area contributed by atoms with Gasteiger partial charge in [0.1, 0.15) is 0 Å². The molecule has 0 fully saturated rings. The maximum Gasteiger partial charge on any atom is 0.306 e. The zero-order valence-electron chi connectivity index (χ0n) is 18.2. The van der Waals surface area contributed by atoms with Crippen LogP contribution >= 0.6 is 0 Å². The summed E-state index contributed by atoms with van der Waals surface area (Å²) in [5.41, 5.74) is 11.8. The highest BCUT2D eigenvalue weighted by Crippen LogP contribution is 2.30. The summed E-state index contributed by atoms with van der Waals surface area (Å²) < 4.78 is 9.17. The van der Waals surface area contributed by atoms with Crippen molar-refractivity contribution in [3.8, 4) is 22.6 Å². The number of hydrogen-bond acceptors (Lipinski definition) is 3. The molecule has 0 saturated carbocycles. The molecule has 4 aromatic rings. The second-order valence-corrected chi connectivity index (χ2v) is 7.58. The first-order valence-corrected chi connectivity index (χ1v) is 10.6. The number of nitrogens with zero attached hydrogens (tertiary/aromatic N) is 2. The third-order valence-electron chi connectivity index (χ3n) is 5.45. The molecule has 32 heavy (non-hydrogen) atoms. The monoisotopic (exact) mass is 430 g/mol. The highest BCUT2D eigenvalue weighted by molar-refractivity contribution is 5.93. The Morgan fingerprint density at radius 3 is 2.41 bits per heavy atom. The number of hydrogen-bond donors (Lipinski definition) is 2. The van der Waals surface area contributed by atoms with Crippen LogP contribution in [0.15, 0.2) is 67.0 Å². The van der Waals surface area contributed by atoms with Gasteiger partial charge in [0.05, 0.1) is 24.4 Å². The average molecular weight is 431 g/mol. The molecule has 0 aliphatic heterocycles. The number of amides is 1. The molecule has 0 atom stereocenters. The molecule has 0 bridgehead atoms. The number of aryl methyl sites for hydroxylation is 2. The van der Waals surface area contributed by atoms with E-state index in [-0.39, 0.29) is 5.97 Å². The second-order valence-electron chi connectivity index (χ2n) is 7.58. The lowest BCUT2D eigenvalue weighted by Crippen LogP contribution is -2.12. The Morgan fingerprint density at radius 1 is 1.06 bits per heavy atom. The van der Waals surface area contributed by atoms with E-state index >= 15 is 0 Å². The standard InChI is InChI=1S/C25H26N4O3/c1-3-32-24(30)13-10-21-9-12-23(18-4-7-20(8-5-18)28-15-14-27-28)29(21)22-11-6-19(25(26)31)16-17(22)2/h4-9,11-12,14-16,27H,3,10,13H2,1-2H3,(H2,26,31). The van der Waals surface area contributed by atoms with Crippen molar-refractivity contribution >= 4 is 11.9 Å². The number of benzene rings is 2. The number of nitrogens with one attached hydrogen (secondary N) is 1. The Labute approximate surface area is 186 Å². The molecular formula is C25H26N4O3. The smallest absolute Gasteiger partial charge is 0.306 e. The average Bonchev–Trinajstić information content (AvgIpc) is 3.15. The molecule has 7 heteroatoms. The van der Waals surface area contributed by atoms with Gasteiger partial charge in [-0.15, -0.1) is 0 Å². The van der Waals surface area contributed by atoms with Crippen molar-refractivity contribution in [1.29, 1.82) is 0 Å². The van der Waals surface area contributed by atoms with Crippen LogP contribution in [-0.2, 0) is 16.0 Å². The number of esters is 1. The van der Waals surface area contributed by atoms with Crippen molar-refractivity contribution < 1.29 is 14.3 Å². The minimum Gasteiger partial charge on any atom is -0.466 e. The molecular weight excluding hydrogens is 404 g/mol. The second kappa shape index (κ2) is 9.01. The molecule has 164 valence electrons. The summed E-state index contributed by atoms with van der Waals surface area (Å²) in [5, 5.41) is 3.09. The van der Waals surface area contributed by atoms with Gasteiger partial charge >= 0.3 is 5.97 Å². The Morgan fingerprint density at radius 2 is 1.81 bits per heavy atom. The molecule has 2 heterocycles. The van der Waals surface area contributed by atoms with Gasteiger partial charge in [-0.25, -0.2) is 0 Å². The largest absolute Gasteiger partial charge is 0.466 e. The third kappa shape index (κ3) is 4.23. The number of H-pyrrole nitrogens is 1. The molecule has 0 saturated heterocycles. The van der Waals surface area contributed by atoms with E-state index in [2.05, 4.69) is 27.9 Å². The minimum atomic E-state index is -0.459. The van der Waals surface area contributed by atoms with Crippen LogP contribution in [0, 0.1) is 6.92 Å². The van der Waals surface area contributed by atoms with Gasteiger partial charge in [-0.2, -0.15) is 0 Å². The molecule has 0 spiro atoms. The van der Waals surface area contributed by atoms with Gasteiger partial charge in [-0.05, 0) is 73.9 Å². The number of nitrogens with two attached hydrogens (primary N) is 1. The number of rotatable bonds is 8. The fourth-order valence-corrected chi connectivity index (χ4v) is 3.81. The first kappa shape index (κ1) is 21.2. The first-order valence-electron chi connectivity index (χ1n) is 10.6. The van der Waals surface area contributed by atoms with E-state index in [0.717, 1.165) is 33.9 Å². The summed E-state index contributed by atoms with van der Waals surface area (Å²) in [7, 11) is 0. The van der Waals surface area contributed by atoms with Crippen LogP contribution in [-0.4, -0.2) is 32.8 Å². The van der Waals surface area contributed by atoms with E-state index in [9.17, 15) is 9.59 Å². The highest BCUT2D eigenvalue weighted by atomic mass is 16.5. The van der Waals surface area contributed by atoms with E-state index in [0.29, 0.717) is 25.0 Å². The summed E-state index contributed by atoms with van der Waals surface area (Å²) in [6.45, 7) is 4.12. The predicted molar refractivity (Wildman–Crippen MR) is 123 cm³/mol. The van der Waals surface area contributed by atoms with E-state index in [4.69, 9.17) is 10.5 Å². The van der Waals surface area contributed by atoms with Gasteiger partial charge in [-0.3, -0.25) is 14.3 Å². The van der Waals surface area contributed by atoms with Crippen molar-refractivity contribution in [1.82, 2.24) is 14.3 Å². The maximum atomic E-state index is 12.0. The molecule has 7 nitrogen and oxygen atoms in total. The van der Waals surface area contributed by atoms with Gasteiger partial charge in [0.2, 0.25) is 5.91 Å². The Hall–Kier alpha value is -4.00. The Kier molecular flexibility index (Phi) is 5.98. The Balaban J connectivity index is 1.75. The van der Waals surface area contributed by atoms with E-state index < -0.39 is 5.91 Å². The zero-order valence-corrected chi connectivity index (χ0v) is 18.2. The van der Waals surface area contributed by atoms with E-state index in [1.54, 1.807) is 19.1 Å². The zero-order chi connectivity index (χ0) is 22.7. The molecule has 0 aliphatic carbocycles. The van der Waals surface area contributed by atoms with Gasteiger partial charge in [0.15, 0.2) is 0 Å². The van der Waals surface area contributed by atoms with Crippen LogP contribution < -0.4 is 5.73 Å². The fourth-order valence-electron chi connectivity index (χ4n) is 3.81. The predicted octanol–water partition coefficient (Wildman–Crippen LogP) is 4.17. The molecule has 0 aliphatic rings. The quantitative estimate of drug-likeness (QED) is 0.411. The number of aromatic amines is 1. The van der Waals surface area contributed by atoms with Crippen LogP contribution in [0.1, 0.15) is 35.0 Å². The molecule has 0 unspecified atom stereocenters. The summed E-state index contributed by atoms with van der Waals surface area (Å²) >= 11 is 0. The lowest BCUT2D eigenvalue weighted by Gasteiger charge is -2.17. The number of carbonyl (C=O) groups is 2. The molecule has 2 aromatic carbocycles. The third-order valence-corrected chi connectivity index (χ3v) is 5.45. The van der Waals surface area contributed by atoms with Crippen LogP contribution in [0.25, 0.3) is 22.6 Å². The van der Waals surface area contributed by atoms with Crippen molar-refractivity contribution in [2.45, 2.75) is 26.7 Å². The van der Waals surface area contributed by atoms with Crippen molar-refractivity contribution in [3.05, 3.63) is 83.8 Å². The maximum absolute atomic E-state index is 12.0. The number of carbonyl (C=O) groups excluding carboxylic acids is 2. The van der Waals surface area contributed by atoms with Crippen LogP contribution in [0.4, 0.5) is 0 Å². The van der Waals surface area contributed by atoms with Gasteiger partial charge < -0.3 is 20.1 Å². The van der Waals surface area contributed by atoms with E-state index in [1.165, 1.54) is 0 Å². The van der Waals surface area contributed by atoms with Crippen molar-refractivity contribution in [2.75, 3.05) is 6.61 Å². The SMILES string of the molecule is CCOC(=O)CCc1ccc(-c2ccc(-n3cc[nH]3)cc2)n1-c1ccc(C(N)=O)cc1C. The number of primary amides is 1. The number of aromatic nitrogens is 3. The topological polar surface area (TPSA) is 95.0 Å². The summed E-state index contributed by atoms with van der Waals surface area (Å²) in [6, 6.07) is 17.7. The molecule has 1 amide bonds. The van der Waals surface area contributed by atoms with Crippen molar-refractivity contribution in [2.24, 2.45) is 5.73 Å². The fraction of sp³-hybridized carbons (Fsp3) is 0.200. The normalized spacial score (nSPS) is 10.9. The molecule has 0 radical (unpaired) electrons. The van der Waals surface area contributed by atoms with E-state index in [1.807, 2.05) is 48.3 Å². The Bertz CT molecular complexity index is 1240. The van der Waals surface area contributed by atoms with Crippen LogP contribution in [0.3, 0.4) is 0 Å². The van der Waals surface area contributed by atoms with Gasteiger partial charge in [0, 0.05) is 29.3 Å². The van der Waals surface area contributed by atoms with Gasteiger partial charge in [-0.1, -0.05) is 12.1 Å². The summed E-state index contributed by atoms with van der Waals surface area (Å²) in [6.07, 6.45) is 4.65. The van der Waals surface area contributed by atoms with Crippen molar-refractivity contribution in [3.63, 3.8) is 0 Å².